The lowest BCUT2D eigenvalue weighted by molar-refractivity contribution is -0.120. The van der Waals surface area contributed by atoms with E-state index in [4.69, 9.17) is 4.74 Å². The molecular weight excluding hydrogens is 268 g/mol. The molecule has 0 aromatic heterocycles. The van der Waals surface area contributed by atoms with E-state index in [9.17, 15) is 13.2 Å². The number of hydrogen-bond donors (Lipinski definition) is 1. The number of hydrogen-bond acceptors (Lipinski definition) is 4. The van der Waals surface area contributed by atoms with E-state index in [-0.39, 0.29) is 18.1 Å². The Morgan fingerprint density at radius 2 is 2.05 bits per heavy atom. The van der Waals surface area contributed by atoms with E-state index in [1.165, 1.54) is 4.31 Å². The van der Waals surface area contributed by atoms with Crippen molar-refractivity contribution in [1.29, 1.82) is 0 Å². The van der Waals surface area contributed by atoms with E-state index in [1.807, 2.05) is 19.1 Å². The number of carbonyl (C=O) groups is 1. The van der Waals surface area contributed by atoms with E-state index in [0.717, 1.165) is 6.42 Å². The van der Waals surface area contributed by atoms with Crippen LogP contribution in [-0.4, -0.2) is 57.2 Å². The number of ether oxygens (including phenoxy) is 1. The van der Waals surface area contributed by atoms with Crippen molar-refractivity contribution >= 4 is 15.9 Å². The van der Waals surface area contributed by atoms with Crippen LogP contribution in [0.1, 0.15) is 19.8 Å². The zero-order valence-corrected chi connectivity index (χ0v) is 12.1. The molecule has 1 fully saturated rings. The van der Waals surface area contributed by atoms with Gasteiger partial charge >= 0.3 is 0 Å². The van der Waals surface area contributed by atoms with Crippen LogP contribution in [0.3, 0.4) is 0 Å². The van der Waals surface area contributed by atoms with E-state index in [1.54, 1.807) is 0 Å². The maximum absolute atomic E-state index is 11.9. The van der Waals surface area contributed by atoms with Crippen LogP contribution in [0.25, 0.3) is 0 Å². The summed E-state index contributed by atoms with van der Waals surface area (Å²) >= 11 is 0. The van der Waals surface area contributed by atoms with Gasteiger partial charge in [0.2, 0.25) is 15.9 Å². The Morgan fingerprint density at radius 1 is 1.37 bits per heavy atom. The molecule has 0 atom stereocenters. The Hall–Kier alpha value is -0.920. The molecule has 110 valence electrons. The number of rotatable bonds is 7. The predicted molar refractivity (Wildman–Crippen MR) is 73.2 cm³/mol. The van der Waals surface area contributed by atoms with Gasteiger partial charge in [-0.1, -0.05) is 12.2 Å². The summed E-state index contributed by atoms with van der Waals surface area (Å²) in [6.45, 7) is 4.07. The van der Waals surface area contributed by atoms with Gasteiger partial charge in [0.25, 0.3) is 0 Å². The van der Waals surface area contributed by atoms with E-state index < -0.39 is 10.0 Å². The zero-order chi connectivity index (χ0) is 14.1. The lowest BCUT2D eigenvalue weighted by Crippen LogP contribution is -2.42. The summed E-state index contributed by atoms with van der Waals surface area (Å²) in [7, 11) is -3.34. The molecule has 0 aromatic carbocycles. The third-order valence-corrected chi connectivity index (χ3v) is 4.69. The van der Waals surface area contributed by atoms with Crippen LogP contribution >= 0.6 is 0 Å². The van der Waals surface area contributed by atoms with Gasteiger partial charge in [-0.3, -0.25) is 4.79 Å². The highest BCUT2D eigenvalue weighted by atomic mass is 32.2. The van der Waals surface area contributed by atoms with Gasteiger partial charge in [-0.05, 0) is 13.3 Å². The Kier molecular flexibility index (Phi) is 7.04. The highest BCUT2D eigenvalue weighted by molar-refractivity contribution is 7.89. The molecule has 1 heterocycles. The second-order valence-electron chi connectivity index (χ2n) is 4.29. The number of nitrogens with one attached hydrogen (secondary N) is 1. The lowest BCUT2D eigenvalue weighted by atomic mass is 10.3. The van der Waals surface area contributed by atoms with Crippen molar-refractivity contribution in [2.75, 3.05) is 38.6 Å². The molecule has 0 radical (unpaired) electrons. The van der Waals surface area contributed by atoms with E-state index in [2.05, 4.69) is 5.32 Å². The molecule has 6 nitrogen and oxygen atoms in total. The molecule has 0 unspecified atom stereocenters. The molecule has 1 rings (SSSR count). The highest BCUT2D eigenvalue weighted by Crippen LogP contribution is 2.06. The summed E-state index contributed by atoms with van der Waals surface area (Å²) in [6.07, 6.45) is 4.63. The van der Waals surface area contributed by atoms with Crippen molar-refractivity contribution in [3.63, 3.8) is 0 Å². The molecule has 0 bridgehead atoms. The quantitative estimate of drug-likeness (QED) is 0.534. The topological polar surface area (TPSA) is 75.7 Å². The fraction of sp³-hybridized carbons (Fsp3) is 0.750. The van der Waals surface area contributed by atoms with Gasteiger partial charge in [-0.25, -0.2) is 8.42 Å². The third kappa shape index (κ3) is 6.17. The Morgan fingerprint density at radius 3 is 2.68 bits per heavy atom. The molecule has 0 aromatic rings. The van der Waals surface area contributed by atoms with Crippen LogP contribution < -0.4 is 5.32 Å². The van der Waals surface area contributed by atoms with Crippen molar-refractivity contribution in [3.05, 3.63) is 12.2 Å². The minimum Gasteiger partial charge on any atom is -0.379 e. The maximum Gasteiger partial charge on any atom is 0.221 e. The van der Waals surface area contributed by atoms with Crippen molar-refractivity contribution < 1.29 is 17.9 Å². The second kappa shape index (κ2) is 8.29. The first-order valence-electron chi connectivity index (χ1n) is 6.49. The number of sulfonamides is 1. The van der Waals surface area contributed by atoms with Gasteiger partial charge < -0.3 is 10.1 Å². The van der Waals surface area contributed by atoms with Crippen molar-refractivity contribution in [2.45, 2.75) is 19.8 Å². The smallest absolute Gasteiger partial charge is 0.221 e. The van der Waals surface area contributed by atoms with Gasteiger partial charge in [0.1, 0.15) is 0 Å². The van der Waals surface area contributed by atoms with Gasteiger partial charge in [-0.15, -0.1) is 0 Å². The fourth-order valence-electron chi connectivity index (χ4n) is 1.73. The van der Waals surface area contributed by atoms with Crippen LogP contribution in [0.15, 0.2) is 12.2 Å². The van der Waals surface area contributed by atoms with Crippen molar-refractivity contribution in [1.82, 2.24) is 9.62 Å². The molecule has 1 aliphatic rings. The lowest BCUT2D eigenvalue weighted by Gasteiger charge is -2.25. The Bertz CT molecular complexity index is 400. The SMILES string of the molecule is C/C=C/CCNC(=O)CCS(=O)(=O)N1CCOCC1. The molecule has 1 aliphatic heterocycles. The monoisotopic (exact) mass is 290 g/mol. The van der Waals surface area contributed by atoms with Crippen LogP contribution in [0.5, 0.6) is 0 Å². The molecule has 0 saturated carbocycles. The van der Waals surface area contributed by atoms with E-state index in [0.29, 0.717) is 32.8 Å². The van der Waals surface area contributed by atoms with Gasteiger partial charge in [0, 0.05) is 26.1 Å². The molecule has 19 heavy (non-hydrogen) atoms. The average Bonchev–Trinajstić information content (AvgIpc) is 2.42. The van der Waals surface area contributed by atoms with Crippen molar-refractivity contribution in [2.24, 2.45) is 0 Å². The summed E-state index contributed by atoms with van der Waals surface area (Å²) in [5.74, 6) is -0.357. The van der Waals surface area contributed by atoms with Crippen LogP contribution in [0.4, 0.5) is 0 Å². The zero-order valence-electron chi connectivity index (χ0n) is 11.3. The number of nitrogens with zero attached hydrogens (tertiary/aromatic N) is 1. The standard InChI is InChI=1S/C12H22N2O4S/c1-2-3-4-6-13-12(15)5-11-19(16,17)14-7-9-18-10-8-14/h2-3H,4-11H2,1H3,(H,13,15)/b3-2+. The average molecular weight is 290 g/mol. The number of morpholine rings is 1. The number of allylic oxidation sites excluding steroid dienone is 1. The molecule has 1 saturated heterocycles. The summed E-state index contributed by atoms with van der Waals surface area (Å²) in [5, 5.41) is 2.70. The van der Waals surface area contributed by atoms with Gasteiger partial charge in [0.15, 0.2) is 0 Å². The minimum atomic E-state index is -3.34. The normalized spacial score (nSPS) is 17.7. The molecule has 1 N–H and O–H groups in total. The number of carbonyl (C=O) groups excluding carboxylic acids is 1. The first-order valence-corrected chi connectivity index (χ1v) is 8.10. The summed E-state index contributed by atoms with van der Waals surface area (Å²) < 4.78 is 30.4. The molecule has 7 heteroatoms. The minimum absolute atomic E-state index is 0.00945. The Balaban J connectivity index is 2.27. The van der Waals surface area contributed by atoms with E-state index >= 15 is 0 Å². The van der Waals surface area contributed by atoms with Crippen LogP contribution in [0.2, 0.25) is 0 Å². The first kappa shape index (κ1) is 16.1. The molecule has 0 aliphatic carbocycles. The molecule has 0 spiro atoms. The maximum atomic E-state index is 11.9. The van der Waals surface area contributed by atoms with Gasteiger partial charge in [-0.2, -0.15) is 4.31 Å². The summed E-state index contributed by atoms with van der Waals surface area (Å²) in [4.78, 5) is 11.5. The Labute approximate surface area is 114 Å². The third-order valence-electron chi connectivity index (χ3n) is 2.82. The second-order valence-corrected chi connectivity index (χ2v) is 6.37. The fourth-order valence-corrected chi connectivity index (χ4v) is 3.13. The van der Waals surface area contributed by atoms with Gasteiger partial charge in [0.05, 0.1) is 19.0 Å². The van der Waals surface area contributed by atoms with Crippen LogP contribution in [0, 0.1) is 0 Å². The van der Waals surface area contributed by atoms with Crippen molar-refractivity contribution in [3.8, 4) is 0 Å². The molecular formula is C12H22N2O4S. The first-order chi connectivity index (χ1) is 9.06. The largest absolute Gasteiger partial charge is 0.379 e. The van der Waals surface area contributed by atoms with Crippen LogP contribution in [-0.2, 0) is 19.6 Å². The predicted octanol–water partition coefficient (Wildman–Crippen LogP) is 0.121. The number of amides is 1. The summed E-state index contributed by atoms with van der Waals surface area (Å²) in [5.41, 5.74) is 0. The summed E-state index contributed by atoms with van der Waals surface area (Å²) in [6, 6.07) is 0. The highest BCUT2D eigenvalue weighted by Gasteiger charge is 2.24. The molecule has 1 amide bonds.